The smallest absolute Gasteiger partial charge is 0.341 e. The zero-order valence-corrected chi connectivity index (χ0v) is 10.0. The molecule has 0 spiro atoms. The van der Waals surface area contributed by atoms with Crippen LogP contribution in [0.3, 0.4) is 0 Å². The Bertz CT molecular complexity index is 706. The zero-order chi connectivity index (χ0) is 13.3. The van der Waals surface area contributed by atoms with E-state index in [9.17, 15) is 9.59 Å². The molecule has 2 rings (SSSR count). The average Bonchev–Trinajstić information content (AvgIpc) is 2.32. The summed E-state index contributed by atoms with van der Waals surface area (Å²) in [5.74, 6) is -1.27. The van der Waals surface area contributed by atoms with E-state index < -0.39 is 11.4 Å². The number of hydrogen-bond donors (Lipinski definition) is 1. The van der Waals surface area contributed by atoms with E-state index in [0.717, 1.165) is 0 Å². The normalized spacial score (nSPS) is 10.5. The quantitative estimate of drug-likeness (QED) is 0.679. The fourth-order valence-electron chi connectivity index (χ4n) is 1.67. The fourth-order valence-corrected chi connectivity index (χ4v) is 1.82. The van der Waals surface area contributed by atoms with Gasteiger partial charge in [0.05, 0.1) is 5.39 Å². The minimum atomic E-state index is -1.27. The molecular weight excluding hydrogens is 256 g/mol. The van der Waals surface area contributed by atoms with Gasteiger partial charge in [-0.25, -0.2) is 9.78 Å². The van der Waals surface area contributed by atoms with Crippen molar-refractivity contribution in [1.82, 2.24) is 9.55 Å². The van der Waals surface area contributed by atoms with Crippen molar-refractivity contribution in [2.24, 2.45) is 0 Å². The van der Waals surface area contributed by atoms with E-state index in [1.54, 1.807) is 6.08 Å². The molecule has 0 saturated carbocycles. The van der Waals surface area contributed by atoms with Crippen LogP contribution in [-0.4, -0.2) is 20.6 Å². The third-order valence-electron chi connectivity index (χ3n) is 2.44. The summed E-state index contributed by atoms with van der Waals surface area (Å²) >= 11 is 5.78. The van der Waals surface area contributed by atoms with E-state index in [1.165, 1.54) is 22.9 Å². The first-order valence-electron chi connectivity index (χ1n) is 5.08. The van der Waals surface area contributed by atoms with Crippen molar-refractivity contribution in [1.29, 1.82) is 0 Å². The first-order valence-corrected chi connectivity index (χ1v) is 5.46. The van der Waals surface area contributed by atoms with Crippen LogP contribution in [0.4, 0.5) is 0 Å². The van der Waals surface area contributed by atoms with Crippen LogP contribution < -0.4 is 5.43 Å². The lowest BCUT2D eigenvalue weighted by molar-refractivity contribution is 0.0695. The number of rotatable bonds is 3. The van der Waals surface area contributed by atoms with Crippen molar-refractivity contribution < 1.29 is 9.90 Å². The summed E-state index contributed by atoms with van der Waals surface area (Å²) < 4.78 is 1.53. The second kappa shape index (κ2) is 4.62. The molecule has 0 aliphatic rings. The molecule has 0 aromatic carbocycles. The second-order valence-electron chi connectivity index (χ2n) is 3.62. The van der Waals surface area contributed by atoms with E-state index in [2.05, 4.69) is 11.6 Å². The van der Waals surface area contributed by atoms with Crippen molar-refractivity contribution in [2.75, 3.05) is 0 Å². The number of halogens is 1. The van der Waals surface area contributed by atoms with Gasteiger partial charge in [0.2, 0.25) is 5.43 Å². The van der Waals surface area contributed by atoms with Crippen molar-refractivity contribution in [3.8, 4) is 0 Å². The number of allylic oxidation sites excluding steroid dienone is 1. The van der Waals surface area contributed by atoms with Gasteiger partial charge in [-0.05, 0) is 12.1 Å². The molecule has 0 fully saturated rings. The number of fused-ring (bicyclic) bond motifs is 1. The molecule has 6 heteroatoms. The Labute approximate surface area is 107 Å². The molecular formula is C12H9ClN2O3. The predicted octanol–water partition coefficient (Wildman–Crippen LogP) is 1.93. The second-order valence-corrected chi connectivity index (χ2v) is 4.01. The van der Waals surface area contributed by atoms with Gasteiger partial charge in [0.15, 0.2) is 0 Å². The number of aromatic carboxylic acids is 1. The number of pyridine rings is 2. The monoisotopic (exact) mass is 264 g/mol. The van der Waals surface area contributed by atoms with Gasteiger partial charge in [-0.1, -0.05) is 17.7 Å². The van der Waals surface area contributed by atoms with Crippen molar-refractivity contribution >= 4 is 28.6 Å². The topological polar surface area (TPSA) is 72.2 Å². The summed E-state index contributed by atoms with van der Waals surface area (Å²) in [6.07, 6.45) is 2.83. The largest absolute Gasteiger partial charge is 0.477 e. The number of carboxylic acids is 1. The standard InChI is InChI=1S/C12H9ClN2O3/c1-2-5-15-6-8(12(17)18)10(16)7-3-4-9(13)14-11(7)15/h2-4,6H,1,5H2,(H,17,18). The molecule has 0 atom stereocenters. The van der Waals surface area contributed by atoms with E-state index >= 15 is 0 Å². The predicted molar refractivity (Wildman–Crippen MR) is 68.2 cm³/mol. The van der Waals surface area contributed by atoms with Crippen molar-refractivity contribution in [3.05, 3.63) is 51.9 Å². The Morgan fingerprint density at radius 2 is 2.28 bits per heavy atom. The van der Waals surface area contributed by atoms with Crippen LogP contribution in [0, 0.1) is 0 Å². The minimum absolute atomic E-state index is 0.223. The molecule has 1 N–H and O–H groups in total. The summed E-state index contributed by atoms with van der Waals surface area (Å²) in [7, 11) is 0. The minimum Gasteiger partial charge on any atom is -0.477 e. The Kier molecular flexibility index (Phi) is 3.16. The zero-order valence-electron chi connectivity index (χ0n) is 9.26. The lowest BCUT2D eigenvalue weighted by Crippen LogP contribution is -2.19. The maximum absolute atomic E-state index is 11.9. The Hall–Kier alpha value is -2.14. The maximum atomic E-state index is 11.9. The first kappa shape index (κ1) is 12.3. The highest BCUT2D eigenvalue weighted by molar-refractivity contribution is 6.29. The van der Waals surface area contributed by atoms with Crippen LogP contribution in [-0.2, 0) is 6.54 Å². The van der Waals surface area contributed by atoms with Crippen LogP contribution in [0.2, 0.25) is 5.15 Å². The third-order valence-corrected chi connectivity index (χ3v) is 2.65. The number of hydrogen-bond acceptors (Lipinski definition) is 3. The van der Waals surface area contributed by atoms with E-state index in [1.807, 2.05) is 0 Å². The Balaban J connectivity index is 2.91. The number of nitrogens with zero attached hydrogens (tertiary/aromatic N) is 2. The highest BCUT2D eigenvalue weighted by atomic mass is 35.5. The van der Waals surface area contributed by atoms with Gasteiger partial charge in [0.25, 0.3) is 0 Å². The number of carboxylic acid groups (broad SMARTS) is 1. The molecule has 2 aromatic rings. The first-order chi connectivity index (χ1) is 8.54. The van der Waals surface area contributed by atoms with Crippen LogP contribution in [0.15, 0.2) is 35.8 Å². The third kappa shape index (κ3) is 2.00. The van der Waals surface area contributed by atoms with Crippen LogP contribution >= 0.6 is 11.6 Å². The van der Waals surface area contributed by atoms with E-state index in [4.69, 9.17) is 16.7 Å². The van der Waals surface area contributed by atoms with Crippen molar-refractivity contribution in [3.63, 3.8) is 0 Å². The Morgan fingerprint density at radius 1 is 1.56 bits per heavy atom. The molecule has 92 valence electrons. The fraction of sp³-hybridized carbons (Fsp3) is 0.0833. The molecule has 0 aliphatic heterocycles. The molecule has 18 heavy (non-hydrogen) atoms. The molecule has 0 amide bonds. The SMILES string of the molecule is C=CCn1cc(C(=O)O)c(=O)c2ccc(Cl)nc21. The molecule has 0 unspecified atom stereocenters. The lowest BCUT2D eigenvalue weighted by Gasteiger charge is -2.09. The summed E-state index contributed by atoms with van der Waals surface area (Å²) in [5, 5.41) is 9.45. The molecule has 5 nitrogen and oxygen atoms in total. The lowest BCUT2D eigenvalue weighted by atomic mass is 10.2. The Morgan fingerprint density at radius 3 is 2.89 bits per heavy atom. The van der Waals surface area contributed by atoms with Gasteiger partial charge in [-0.3, -0.25) is 4.79 Å². The van der Waals surface area contributed by atoms with Gasteiger partial charge < -0.3 is 9.67 Å². The highest BCUT2D eigenvalue weighted by Crippen LogP contribution is 2.14. The van der Waals surface area contributed by atoms with Crippen LogP contribution in [0.25, 0.3) is 11.0 Å². The van der Waals surface area contributed by atoms with Gasteiger partial charge in [-0.2, -0.15) is 0 Å². The summed E-state index contributed by atoms with van der Waals surface area (Å²) in [6.45, 7) is 3.91. The maximum Gasteiger partial charge on any atom is 0.341 e. The van der Waals surface area contributed by atoms with Crippen LogP contribution in [0.1, 0.15) is 10.4 Å². The average molecular weight is 265 g/mol. The van der Waals surface area contributed by atoms with Gasteiger partial charge in [0.1, 0.15) is 16.4 Å². The molecule has 0 radical (unpaired) electrons. The highest BCUT2D eigenvalue weighted by Gasteiger charge is 2.14. The molecule has 2 heterocycles. The summed E-state index contributed by atoms with van der Waals surface area (Å²) in [6, 6.07) is 2.92. The van der Waals surface area contributed by atoms with Crippen LogP contribution in [0.5, 0.6) is 0 Å². The van der Waals surface area contributed by atoms with E-state index in [-0.39, 0.29) is 16.1 Å². The van der Waals surface area contributed by atoms with Gasteiger partial charge in [0, 0.05) is 12.7 Å². The molecule has 0 bridgehead atoms. The van der Waals surface area contributed by atoms with Gasteiger partial charge >= 0.3 is 5.97 Å². The van der Waals surface area contributed by atoms with E-state index in [0.29, 0.717) is 12.2 Å². The number of aromatic nitrogens is 2. The molecule has 2 aromatic heterocycles. The molecule has 0 aliphatic carbocycles. The summed E-state index contributed by atoms with van der Waals surface area (Å²) in [4.78, 5) is 27.0. The van der Waals surface area contributed by atoms with Crippen molar-refractivity contribution in [2.45, 2.75) is 6.54 Å². The summed E-state index contributed by atoms with van der Waals surface area (Å²) in [5.41, 5.74) is -0.521. The number of carbonyl (C=O) groups is 1. The molecule has 0 saturated heterocycles. The van der Waals surface area contributed by atoms with Gasteiger partial charge in [-0.15, -0.1) is 6.58 Å².